The maximum absolute atomic E-state index is 5.61. The van der Waals surface area contributed by atoms with Crippen molar-refractivity contribution in [3.8, 4) is 0 Å². The van der Waals surface area contributed by atoms with Gasteiger partial charge >= 0.3 is 0 Å². The van der Waals surface area contributed by atoms with Crippen LogP contribution in [0.2, 0.25) is 0 Å². The van der Waals surface area contributed by atoms with Crippen molar-refractivity contribution < 1.29 is 4.74 Å². The van der Waals surface area contributed by atoms with Crippen LogP contribution in [0, 0.1) is 5.92 Å². The molecule has 1 heterocycles. The molecule has 1 aromatic rings. The van der Waals surface area contributed by atoms with Crippen molar-refractivity contribution in [2.24, 2.45) is 5.92 Å². The fourth-order valence-electron chi connectivity index (χ4n) is 2.64. The first-order chi connectivity index (χ1) is 9.66. The molecule has 2 nitrogen and oxygen atoms in total. The third-order valence-electron chi connectivity index (χ3n) is 3.81. The average Bonchev–Trinajstić information content (AvgIpc) is 2.86. The molecule has 1 aromatic heterocycles. The van der Waals surface area contributed by atoms with Crippen LogP contribution in [-0.2, 0) is 17.6 Å². The first-order valence-corrected chi connectivity index (χ1v) is 8.91. The van der Waals surface area contributed by atoms with Gasteiger partial charge in [-0.25, -0.2) is 0 Å². The van der Waals surface area contributed by atoms with E-state index in [9.17, 15) is 0 Å². The van der Waals surface area contributed by atoms with E-state index in [1.54, 1.807) is 10.4 Å². The molecule has 20 heavy (non-hydrogen) atoms. The molecule has 1 atom stereocenters. The standard InChI is InChI=1S/C17H29NOS/c1-13(2)12-19-10-6-9-18-14(3)17-11-15-7-4-5-8-16(15)20-17/h11,13-14,18H,4-10,12H2,1-3H3. The Morgan fingerprint density at radius 2 is 2.05 bits per heavy atom. The Morgan fingerprint density at radius 1 is 1.25 bits per heavy atom. The van der Waals surface area contributed by atoms with Crippen LogP contribution in [0.15, 0.2) is 6.07 Å². The topological polar surface area (TPSA) is 21.3 Å². The number of rotatable bonds is 8. The molecular weight excluding hydrogens is 266 g/mol. The number of thiophene rings is 1. The summed E-state index contributed by atoms with van der Waals surface area (Å²) in [4.78, 5) is 3.15. The highest BCUT2D eigenvalue weighted by atomic mass is 32.1. The Labute approximate surface area is 127 Å². The van der Waals surface area contributed by atoms with Gasteiger partial charge < -0.3 is 10.1 Å². The lowest BCUT2D eigenvalue weighted by Gasteiger charge is -2.12. The third kappa shape index (κ3) is 4.87. The fraction of sp³-hybridized carbons (Fsp3) is 0.765. The zero-order chi connectivity index (χ0) is 14.4. The molecular formula is C17H29NOS. The molecule has 0 spiro atoms. The van der Waals surface area contributed by atoms with Crippen molar-refractivity contribution in [2.45, 2.75) is 58.9 Å². The molecule has 0 aromatic carbocycles. The maximum Gasteiger partial charge on any atom is 0.0489 e. The van der Waals surface area contributed by atoms with E-state index in [1.807, 2.05) is 11.3 Å². The number of hydrogen-bond donors (Lipinski definition) is 1. The Balaban J connectivity index is 1.67. The van der Waals surface area contributed by atoms with Crippen LogP contribution in [0.4, 0.5) is 0 Å². The zero-order valence-electron chi connectivity index (χ0n) is 13.2. The van der Waals surface area contributed by atoms with Gasteiger partial charge in [0.2, 0.25) is 0 Å². The number of aryl methyl sites for hydroxylation is 2. The Hall–Kier alpha value is -0.380. The van der Waals surface area contributed by atoms with Gasteiger partial charge in [0, 0.05) is 29.0 Å². The summed E-state index contributed by atoms with van der Waals surface area (Å²) in [5.74, 6) is 0.638. The van der Waals surface area contributed by atoms with E-state index < -0.39 is 0 Å². The predicted molar refractivity (Wildman–Crippen MR) is 87.7 cm³/mol. The minimum absolute atomic E-state index is 0.482. The van der Waals surface area contributed by atoms with Crippen LogP contribution < -0.4 is 5.32 Å². The fourth-order valence-corrected chi connectivity index (χ4v) is 3.92. The van der Waals surface area contributed by atoms with Gasteiger partial charge in [0.15, 0.2) is 0 Å². The second-order valence-corrected chi connectivity index (χ2v) is 7.47. The summed E-state index contributed by atoms with van der Waals surface area (Å²) < 4.78 is 5.61. The molecule has 1 aliphatic carbocycles. The molecule has 0 amide bonds. The van der Waals surface area contributed by atoms with E-state index in [2.05, 4.69) is 32.2 Å². The molecule has 0 saturated carbocycles. The van der Waals surface area contributed by atoms with Crippen LogP contribution >= 0.6 is 11.3 Å². The molecule has 1 unspecified atom stereocenters. The van der Waals surface area contributed by atoms with Crippen molar-refractivity contribution >= 4 is 11.3 Å². The Kier molecular flexibility index (Phi) is 6.53. The summed E-state index contributed by atoms with van der Waals surface area (Å²) in [6.07, 6.45) is 6.44. The number of ether oxygens (including phenoxy) is 1. The van der Waals surface area contributed by atoms with Crippen LogP contribution in [0.3, 0.4) is 0 Å². The van der Waals surface area contributed by atoms with Crippen LogP contribution in [0.1, 0.15) is 61.4 Å². The van der Waals surface area contributed by atoms with Crippen molar-refractivity contribution in [1.29, 1.82) is 0 Å². The van der Waals surface area contributed by atoms with Gasteiger partial charge in [-0.3, -0.25) is 0 Å². The van der Waals surface area contributed by atoms with Crippen LogP contribution in [0.25, 0.3) is 0 Å². The van der Waals surface area contributed by atoms with Crippen molar-refractivity contribution in [3.63, 3.8) is 0 Å². The van der Waals surface area contributed by atoms with Crippen molar-refractivity contribution in [2.75, 3.05) is 19.8 Å². The summed E-state index contributed by atoms with van der Waals surface area (Å²) in [5, 5.41) is 3.63. The van der Waals surface area contributed by atoms with E-state index in [1.165, 1.54) is 30.6 Å². The molecule has 0 saturated heterocycles. The molecule has 0 radical (unpaired) electrons. The second kappa shape index (κ2) is 8.16. The van der Waals surface area contributed by atoms with Gasteiger partial charge in [-0.1, -0.05) is 13.8 Å². The molecule has 3 heteroatoms. The molecule has 0 aliphatic heterocycles. The SMILES string of the molecule is CC(C)COCCCNC(C)c1cc2c(s1)CCCC2. The maximum atomic E-state index is 5.61. The van der Waals surface area contributed by atoms with E-state index >= 15 is 0 Å². The minimum atomic E-state index is 0.482. The highest BCUT2D eigenvalue weighted by Crippen LogP contribution is 2.32. The predicted octanol–water partition coefficient (Wildman–Crippen LogP) is 4.34. The lowest BCUT2D eigenvalue weighted by Crippen LogP contribution is -2.20. The number of hydrogen-bond acceptors (Lipinski definition) is 3. The first-order valence-electron chi connectivity index (χ1n) is 8.09. The van der Waals surface area contributed by atoms with Crippen molar-refractivity contribution in [1.82, 2.24) is 5.32 Å². The molecule has 1 N–H and O–H groups in total. The second-order valence-electron chi connectivity index (χ2n) is 6.30. The van der Waals surface area contributed by atoms with E-state index in [4.69, 9.17) is 4.74 Å². The van der Waals surface area contributed by atoms with Crippen molar-refractivity contribution in [3.05, 3.63) is 21.4 Å². The summed E-state index contributed by atoms with van der Waals surface area (Å²) >= 11 is 2.02. The van der Waals surface area contributed by atoms with E-state index in [-0.39, 0.29) is 0 Å². The van der Waals surface area contributed by atoms with Gasteiger partial charge in [-0.15, -0.1) is 11.3 Å². The molecule has 0 bridgehead atoms. The zero-order valence-corrected chi connectivity index (χ0v) is 14.0. The van der Waals surface area contributed by atoms with E-state index in [0.29, 0.717) is 12.0 Å². The smallest absolute Gasteiger partial charge is 0.0489 e. The molecule has 114 valence electrons. The average molecular weight is 295 g/mol. The van der Waals surface area contributed by atoms with Gasteiger partial charge in [0.25, 0.3) is 0 Å². The van der Waals surface area contributed by atoms with Crippen LogP contribution in [-0.4, -0.2) is 19.8 Å². The molecule has 1 aliphatic rings. The van der Waals surface area contributed by atoms with Gasteiger partial charge in [0.1, 0.15) is 0 Å². The Bertz CT molecular complexity index is 376. The third-order valence-corrected chi connectivity index (χ3v) is 5.23. The summed E-state index contributed by atoms with van der Waals surface area (Å²) in [5.41, 5.74) is 1.62. The summed E-state index contributed by atoms with van der Waals surface area (Å²) in [6, 6.07) is 2.92. The van der Waals surface area contributed by atoms with Gasteiger partial charge in [-0.05, 0) is 63.1 Å². The largest absolute Gasteiger partial charge is 0.381 e. The monoisotopic (exact) mass is 295 g/mol. The van der Waals surface area contributed by atoms with Crippen LogP contribution in [0.5, 0.6) is 0 Å². The van der Waals surface area contributed by atoms with Gasteiger partial charge in [0.05, 0.1) is 0 Å². The normalized spacial score (nSPS) is 16.4. The quantitative estimate of drug-likeness (QED) is 0.720. The highest BCUT2D eigenvalue weighted by Gasteiger charge is 2.16. The molecule has 2 rings (SSSR count). The van der Waals surface area contributed by atoms with Gasteiger partial charge in [-0.2, -0.15) is 0 Å². The minimum Gasteiger partial charge on any atom is -0.381 e. The number of fused-ring (bicyclic) bond motifs is 1. The molecule has 0 fully saturated rings. The van der Waals surface area contributed by atoms with E-state index in [0.717, 1.165) is 26.2 Å². The lowest BCUT2D eigenvalue weighted by molar-refractivity contribution is 0.107. The first kappa shape index (κ1) is 16.0. The summed E-state index contributed by atoms with van der Waals surface area (Å²) in [7, 11) is 0. The number of nitrogens with one attached hydrogen (secondary N) is 1. The highest BCUT2D eigenvalue weighted by molar-refractivity contribution is 7.12. The Morgan fingerprint density at radius 3 is 2.80 bits per heavy atom. The lowest BCUT2D eigenvalue weighted by atomic mass is 9.99. The summed E-state index contributed by atoms with van der Waals surface area (Å²) in [6.45, 7) is 9.47.